The maximum atomic E-state index is 8.74. The van der Waals surface area contributed by atoms with Gasteiger partial charge >= 0.3 is 0 Å². The van der Waals surface area contributed by atoms with Crippen LogP contribution in [0.3, 0.4) is 0 Å². The van der Waals surface area contributed by atoms with Crippen LogP contribution in [0.15, 0.2) is 47.9 Å². The number of nitrogens with two attached hydrogens (primary N) is 1. The molecule has 0 aliphatic rings. The number of aryl methyl sites for hydroxylation is 1. The van der Waals surface area contributed by atoms with E-state index in [-0.39, 0.29) is 11.9 Å². The van der Waals surface area contributed by atoms with Crippen LogP contribution in [-0.4, -0.2) is 20.8 Å². The Bertz CT molecular complexity index is 564. The number of hydrogen-bond donors (Lipinski definition) is 3. The predicted octanol–water partition coefficient (Wildman–Crippen LogP) is 1.39. The van der Waals surface area contributed by atoms with E-state index in [0.29, 0.717) is 13.0 Å². The second kappa shape index (κ2) is 6.72. The van der Waals surface area contributed by atoms with E-state index in [9.17, 15) is 0 Å². The first kappa shape index (κ1) is 14.1. The molecular weight excluding hydrogens is 254 g/mol. The molecule has 1 aromatic carbocycles. The summed E-state index contributed by atoms with van der Waals surface area (Å²) >= 11 is 0. The Labute approximate surface area is 117 Å². The molecule has 6 heteroatoms. The maximum absolute atomic E-state index is 8.74. The number of hydrogen-bond acceptors (Lipinski definition) is 4. The molecule has 1 atom stereocenters. The lowest BCUT2D eigenvalue weighted by Gasteiger charge is -2.18. The van der Waals surface area contributed by atoms with Crippen molar-refractivity contribution in [1.82, 2.24) is 15.1 Å². The Balaban J connectivity index is 2.06. The van der Waals surface area contributed by atoms with Crippen LogP contribution in [0.1, 0.15) is 23.6 Å². The number of nitrogens with zero attached hydrogens (tertiary/aromatic N) is 3. The van der Waals surface area contributed by atoms with Crippen molar-refractivity contribution in [3.63, 3.8) is 0 Å². The molecule has 1 unspecified atom stereocenters. The molecule has 2 rings (SSSR count). The minimum absolute atomic E-state index is 0.00712. The van der Waals surface area contributed by atoms with E-state index < -0.39 is 0 Å². The summed E-state index contributed by atoms with van der Waals surface area (Å²) in [4.78, 5) is 0. The highest BCUT2D eigenvalue weighted by Crippen LogP contribution is 2.17. The summed E-state index contributed by atoms with van der Waals surface area (Å²) in [6.45, 7) is 0.673. The molecule has 2 aromatic rings. The average Bonchev–Trinajstić information content (AvgIpc) is 2.89. The van der Waals surface area contributed by atoms with E-state index >= 15 is 0 Å². The quantitative estimate of drug-likeness (QED) is 0.321. The van der Waals surface area contributed by atoms with Crippen molar-refractivity contribution < 1.29 is 5.21 Å². The smallest absolute Gasteiger partial charge is 0.141 e. The van der Waals surface area contributed by atoms with Gasteiger partial charge in [0.1, 0.15) is 5.84 Å². The summed E-state index contributed by atoms with van der Waals surface area (Å²) in [5.74, 6) is 0.206. The summed E-state index contributed by atoms with van der Waals surface area (Å²) in [6.07, 6.45) is 4.22. The largest absolute Gasteiger partial charge is 0.409 e. The Morgan fingerprint density at radius 1 is 1.45 bits per heavy atom. The van der Waals surface area contributed by atoms with Crippen molar-refractivity contribution in [2.45, 2.75) is 19.0 Å². The number of oxime groups is 1. The van der Waals surface area contributed by atoms with Crippen LogP contribution in [0.2, 0.25) is 0 Å². The van der Waals surface area contributed by atoms with Crippen molar-refractivity contribution in [1.29, 1.82) is 0 Å². The van der Waals surface area contributed by atoms with Gasteiger partial charge in [0.25, 0.3) is 0 Å². The molecule has 0 bridgehead atoms. The zero-order valence-corrected chi connectivity index (χ0v) is 11.4. The first-order valence-corrected chi connectivity index (χ1v) is 6.41. The third-order valence-corrected chi connectivity index (χ3v) is 3.05. The second-order valence-corrected chi connectivity index (χ2v) is 4.66. The zero-order chi connectivity index (χ0) is 14.4. The Hall–Kier alpha value is -2.34. The van der Waals surface area contributed by atoms with Gasteiger partial charge in [-0.2, -0.15) is 5.10 Å². The number of aromatic nitrogens is 2. The SMILES string of the molecule is Cn1cc(CNC(CC(N)=NO)c2ccccc2)cn1. The fraction of sp³-hybridized carbons (Fsp3) is 0.286. The monoisotopic (exact) mass is 273 g/mol. The van der Waals surface area contributed by atoms with Crippen LogP contribution >= 0.6 is 0 Å². The van der Waals surface area contributed by atoms with Crippen LogP contribution in [0.5, 0.6) is 0 Å². The first-order chi connectivity index (χ1) is 9.69. The van der Waals surface area contributed by atoms with Gasteiger partial charge in [-0.25, -0.2) is 0 Å². The van der Waals surface area contributed by atoms with Gasteiger partial charge in [0.15, 0.2) is 0 Å². The summed E-state index contributed by atoms with van der Waals surface area (Å²) in [5, 5.41) is 19.3. The fourth-order valence-electron chi connectivity index (χ4n) is 2.05. The van der Waals surface area contributed by atoms with Gasteiger partial charge in [0, 0.05) is 37.8 Å². The van der Waals surface area contributed by atoms with Crippen LogP contribution < -0.4 is 11.1 Å². The lowest BCUT2D eigenvalue weighted by atomic mass is 10.0. The molecule has 0 aliphatic heterocycles. The molecule has 1 heterocycles. The molecule has 0 aliphatic carbocycles. The third-order valence-electron chi connectivity index (χ3n) is 3.05. The van der Waals surface area contributed by atoms with Crippen molar-refractivity contribution in [3.8, 4) is 0 Å². The molecule has 0 fully saturated rings. The standard InChI is InChI=1S/C14H19N5O/c1-19-10-11(9-17-19)8-16-13(7-14(15)18-20)12-5-3-2-4-6-12/h2-6,9-10,13,16,20H,7-8H2,1H3,(H2,15,18). The first-order valence-electron chi connectivity index (χ1n) is 6.41. The predicted molar refractivity (Wildman–Crippen MR) is 77.3 cm³/mol. The fourth-order valence-corrected chi connectivity index (χ4v) is 2.05. The molecule has 0 saturated carbocycles. The lowest BCUT2D eigenvalue weighted by Crippen LogP contribution is -2.26. The number of nitrogens with one attached hydrogen (secondary N) is 1. The highest BCUT2D eigenvalue weighted by atomic mass is 16.4. The topological polar surface area (TPSA) is 88.5 Å². The van der Waals surface area contributed by atoms with Crippen LogP contribution in [0.4, 0.5) is 0 Å². The van der Waals surface area contributed by atoms with Crippen LogP contribution in [0, 0.1) is 0 Å². The number of rotatable bonds is 6. The van der Waals surface area contributed by atoms with Gasteiger partial charge < -0.3 is 16.3 Å². The zero-order valence-electron chi connectivity index (χ0n) is 11.4. The molecule has 0 spiro atoms. The average molecular weight is 273 g/mol. The van der Waals surface area contributed by atoms with E-state index in [1.807, 2.05) is 49.8 Å². The van der Waals surface area contributed by atoms with Crippen LogP contribution in [-0.2, 0) is 13.6 Å². The molecule has 20 heavy (non-hydrogen) atoms. The summed E-state index contributed by atoms with van der Waals surface area (Å²) < 4.78 is 1.76. The van der Waals surface area contributed by atoms with Crippen molar-refractivity contribution >= 4 is 5.84 Å². The molecule has 0 radical (unpaired) electrons. The Morgan fingerprint density at radius 2 is 2.20 bits per heavy atom. The van der Waals surface area contributed by atoms with E-state index in [0.717, 1.165) is 11.1 Å². The van der Waals surface area contributed by atoms with Crippen molar-refractivity contribution in [2.75, 3.05) is 0 Å². The minimum Gasteiger partial charge on any atom is -0.409 e. The Kier molecular flexibility index (Phi) is 4.73. The van der Waals surface area contributed by atoms with Gasteiger partial charge in [-0.15, -0.1) is 0 Å². The number of amidine groups is 1. The Morgan fingerprint density at radius 3 is 2.80 bits per heavy atom. The molecule has 0 saturated heterocycles. The summed E-state index contributed by atoms with van der Waals surface area (Å²) in [7, 11) is 1.88. The molecule has 1 aromatic heterocycles. The lowest BCUT2D eigenvalue weighted by molar-refractivity contribution is 0.315. The van der Waals surface area contributed by atoms with Crippen molar-refractivity contribution in [2.24, 2.45) is 17.9 Å². The van der Waals surface area contributed by atoms with Gasteiger partial charge in [-0.3, -0.25) is 4.68 Å². The number of benzene rings is 1. The molecular formula is C14H19N5O. The highest BCUT2D eigenvalue weighted by molar-refractivity contribution is 5.80. The highest BCUT2D eigenvalue weighted by Gasteiger charge is 2.13. The van der Waals surface area contributed by atoms with E-state index in [2.05, 4.69) is 15.6 Å². The van der Waals surface area contributed by atoms with E-state index in [4.69, 9.17) is 10.9 Å². The van der Waals surface area contributed by atoms with Gasteiger partial charge in [0.05, 0.1) is 6.20 Å². The van der Waals surface area contributed by atoms with Crippen LogP contribution in [0.25, 0.3) is 0 Å². The maximum Gasteiger partial charge on any atom is 0.141 e. The molecule has 6 nitrogen and oxygen atoms in total. The van der Waals surface area contributed by atoms with E-state index in [1.54, 1.807) is 4.68 Å². The summed E-state index contributed by atoms with van der Waals surface area (Å²) in [6, 6.07) is 9.94. The van der Waals surface area contributed by atoms with Gasteiger partial charge in [-0.1, -0.05) is 35.5 Å². The van der Waals surface area contributed by atoms with Crippen molar-refractivity contribution in [3.05, 3.63) is 53.9 Å². The second-order valence-electron chi connectivity index (χ2n) is 4.66. The molecule has 4 N–H and O–H groups in total. The van der Waals surface area contributed by atoms with E-state index in [1.165, 1.54) is 0 Å². The van der Waals surface area contributed by atoms with Gasteiger partial charge in [0.2, 0.25) is 0 Å². The third kappa shape index (κ3) is 3.83. The molecule has 106 valence electrons. The minimum atomic E-state index is -0.00712. The normalized spacial score (nSPS) is 13.3. The summed E-state index contributed by atoms with van der Waals surface area (Å²) in [5.41, 5.74) is 7.82. The van der Waals surface area contributed by atoms with Gasteiger partial charge in [-0.05, 0) is 5.56 Å². The molecule has 0 amide bonds.